The van der Waals surface area contributed by atoms with Crippen LogP contribution in [0.15, 0.2) is 6.07 Å². The van der Waals surface area contributed by atoms with Crippen molar-refractivity contribution in [2.45, 2.75) is 25.7 Å². The average Bonchev–Trinajstić information content (AvgIpc) is 2.82. The van der Waals surface area contributed by atoms with Crippen LogP contribution in [0.3, 0.4) is 0 Å². The monoisotopic (exact) mass is 193 g/mol. The predicted octanol–water partition coefficient (Wildman–Crippen LogP) is 1.12. The van der Waals surface area contributed by atoms with E-state index in [9.17, 15) is 4.79 Å². The second-order valence-electron chi connectivity index (χ2n) is 3.41. The molecule has 5 nitrogen and oxygen atoms in total. The van der Waals surface area contributed by atoms with E-state index < -0.39 is 6.09 Å². The summed E-state index contributed by atoms with van der Waals surface area (Å²) in [5.41, 5.74) is 6.60. The molecule has 2 rings (SSSR count). The molecule has 1 aliphatic carbocycles. The van der Waals surface area contributed by atoms with E-state index in [4.69, 9.17) is 5.73 Å². The van der Waals surface area contributed by atoms with E-state index in [2.05, 4.69) is 14.7 Å². The molecule has 0 aliphatic heterocycles. The van der Waals surface area contributed by atoms with Gasteiger partial charge in [-0.05, 0) is 25.8 Å². The van der Waals surface area contributed by atoms with Crippen LogP contribution in [0.4, 0.5) is 4.79 Å². The maximum absolute atomic E-state index is 10.5. The van der Waals surface area contributed by atoms with Crippen LogP contribution in [0.5, 0.6) is 6.01 Å². The van der Waals surface area contributed by atoms with Crippen molar-refractivity contribution < 1.29 is 9.53 Å². The fourth-order valence-electron chi connectivity index (χ4n) is 1.29. The van der Waals surface area contributed by atoms with Gasteiger partial charge in [0.2, 0.25) is 0 Å². The standard InChI is InChI=1S/C9H11N3O2/c1-5-4-7(6-2-3-6)12-9(11-5)14-8(10)13/h4,6H,2-3H2,1H3,(H2,10,13). The minimum absolute atomic E-state index is 0.0550. The Morgan fingerprint density at radius 3 is 2.86 bits per heavy atom. The van der Waals surface area contributed by atoms with Gasteiger partial charge < -0.3 is 10.5 Å². The van der Waals surface area contributed by atoms with Crippen molar-refractivity contribution in [3.8, 4) is 6.01 Å². The zero-order valence-electron chi connectivity index (χ0n) is 7.86. The summed E-state index contributed by atoms with van der Waals surface area (Å²) in [6.45, 7) is 1.83. The third-order valence-corrected chi connectivity index (χ3v) is 2.04. The largest absolute Gasteiger partial charge is 0.412 e. The Morgan fingerprint density at radius 1 is 1.57 bits per heavy atom. The molecule has 1 aliphatic rings. The molecule has 5 heteroatoms. The van der Waals surface area contributed by atoms with E-state index >= 15 is 0 Å². The molecule has 1 aromatic rings. The van der Waals surface area contributed by atoms with Gasteiger partial charge in [-0.2, -0.15) is 4.98 Å². The summed E-state index contributed by atoms with van der Waals surface area (Å²) in [5, 5.41) is 0. The molecule has 1 fully saturated rings. The molecule has 0 unspecified atom stereocenters. The van der Waals surface area contributed by atoms with Crippen molar-refractivity contribution >= 4 is 6.09 Å². The number of aryl methyl sites for hydroxylation is 1. The first-order chi connectivity index (χ1) is 6.65. The highest BCUT2D eigenvalue weighted by Gasteiger charge is 2.26. The Morgan fingerprint density at radius 2 is 2.29 bits per heavy atom. The number of rotatable bonds is 2. The van der Waals surface area contributed by atoms with Crippen molar-refractivity contribution in [1.29, 1.82) is 0 Å². The molecular formula is C9H11N3O2. The van der Waals surface area contributed by atoms with Crippen molar-refractivity contribution in [3.05, 3.63) is 17.5 Å². The van der Waals surface area contributed by atoms with Gasteiger partial charge in [0.15, 0.2) is 0 Å². The van der Waals surface area contributed by atoms with Crippen LogP contribution in [0.25, 0.3) is 0 Å². The maximum Gasteiger partial charge on any atom is 0.412 e. The van der Waals surface area contributed by atoms with Crippen molar-refractivity contribution in [2.24, 2.45) is 5.73 Å². The molecule has 74 valence electrons. The van der Waals surface area contributed by atoms with Crippen LogP contribution >= 0.6 is 0 Å². The Kier molecular flexibility index (Phi) is 2.07. The summed E-state index contributed by atoms with van der Waals surface area (Å²) >= 11 is 0. The second-order valence-corrected chi connectivity index (χ2v) is 3.41. The number of carbonyl (C=O) groups excluding carboxylic acids is 1. The quantitative estimate of drug-likeness (QED) is 0.763. The summed E-state index contributed by atoms with van der Waals surface area (Å²) in [5.74, 6) is 0.506. The summed E-state index contributed by atoms with van der Waals surface area (Å²) in [6.07, 6.45) is 1.41. The third-order valence-electron chi connectivity index (χ3n) is 2.04. The van der Waals surface area contributed by atoms with Gasteiger partial charge in [-0.1, -0.05) is 0 Å². The van der Waals surface area contributed by atoms with E-state index in [0.717, 1.165) is 24.2 Å². The van der Waals surface area contributed by atoms with Crippen molar-refractivity contribution in [3.63, 3.8) is 0 Å². The molecule has 0 radical (unpaired) electrons. The van der Waals surface area contributed by atoms with E-state index in [1.54, 1.807) is 0 Å². The lowest BCUT2D eigenvalue weighted by Gasteiger charge is -2.03. The number of hydrogen-bond acceptors (Lipinski definition) is 4. The van der Waals surface area contributed by atoms with Gasteiger partial charge in [0.05, 0.1) is 5.69 Å². The van der Waals surface area contributed by atoms with E-state index in [0.29, 0.717) is 5.92 Å². The highest BCUT2D eigenvalue weighted by Crippen LogP contribution is 2.39. The predicted molar refractivity (Wildman–Crippen MR) is 49.0 cm³/mol. The highest BCUT2D eigenvalue weighted by atomic mass is 16.6. The molecule has 14 heavy (non-hydrogen) atoms. The van der Waals surface area contributed by atoms with Gasteiger partial charge in [-0.3, -0.25) is 0 Å². The Bertz CT molecular complexity index is 374. The lowest BCUT2D eigenvalue weighted by molar-refractivity contribution is 0.206. The van der Waals surface area contributed by atoms with Crippen LogP contribution in [-0.2, 0) is 0 Å². The smallest absolute Gasteiger partial charge is 0.374 e. The van der Waals surface area contributed by atoms with Crippen LogP contribution in [-0.4, -0.2) is 16.1 Å². The fourth-order valence-corrected chi connectivity index (χ4v) is 1.29. The number of amides is 1. The normalized spacial score (nSPS) is 15.2. The number of carbonyl (C=O) groups is 1. The van der Waals surface area contributed by atoms with Gasteiger partial charge in [-0.25, -0.2) is 9.78 Å². The van der Waals surface area contributed by atoms with E-state index in [1.165, 1.54) is 0 Å². The zero-order valence-corrected chi connectivity index (χ0v) is 7.86. The van der Waals surface area contributed by atoms with Gasteiger partial charge in [0.1, 0.15) is 0 Å². The van der Waals surface area contributed by atoms with Crippen LogP contribution < -0.4 is 10.5 Å². The summed E-state index contributed by atoms with van der Waals surface area (Å²) in [6, 6.07) is 1.96. The first-order valence-corrected chi connectivity index (χ1v) is 4.48. The molecule has 0 bridgehead atoms. The van der Waals surface area contributed by atoms with Crippen molar-refractivity contribution in [2.75, 3.05) is 0 Å². The first kappa shape index (κ1) is 8.93. The molecule has 1 saturated carbocycles. The van der Waals surface area contributed by atoms with Crippen molar-refractivity contribution in [1.82, 2.24) is 9.97 Å². The molecule has 0 spiro atoms. The number of nitrogens with two attached hydrogens (primary N) is 1. The molecule has 1 heterocycles. The molecule has 0 aromatic carbocycles. The Labute approximate surface area is 81.3 Å². The van der Waals surface area contributed by atoms with Gasteiger partial charge in [-0.15, -0.1) is 0 Å². The minimum atomic E-state index is -0.877. The topological polar surface area (TPSA) is 78.1 Å². The summed E-state index contributed by atoms with van der Waals surface area (Å²) in [7, 11) is 0. The minimum Gasteiger partial charge on any atom is -0.374 e. The van der Waals surface area contributed by atoms with Crippen LogP contribution in [0.2, 0.25) is 0 Å². The van der Waals surface area contributed by atoms with Gasteiger partial charge >= 0.3 is 12.1 Å². The second kappa shape index (κ2) is 3.25. The summed E-state index contributed by atoms with van der Waals surface area (Å²) < 4.78 is 4.63. The SMILES string of the molecule is Cc1cc(C2CC2)nc(OC(N)=O)n1. The van der Waals surface area contributed by atoms with Crippen LogP contribution in [0, 0.1) is 6.92 Å². The van der Waals surface area contributed by atoms with Crippen LogP contribution in [0.1, 0.15) is 30.1 Å². The maximum atomic E-state index is 10.5. The third kappa shape index (κ3) is 1.99. The summed E-state index contributed by atoms with van der Waals surface area (Å²) in [4.78, 5) is 18.5. The lowest BCUT2D eigenvalue weighted by Crippen LogP contribution is -2.18. The number of aromatic nitrogens is 2. The zero-order chi connectivity index (χ0) is 10.1. The molecule has 2 N–H and O–H groups in total. The number of ether oxygens (including phenoxy) is 1. The Hall–Kier alpha value is -1.65. The number of hydrogen-bond donors (Lipinski definition) is 1. The molecule has 0 saturated heterocycles. The van der Waals surface area contributed by atoms with E-state index in [-0.39, 0.29) is 6.01 Å². The Balaban J connectivity index is 2.26. The molecule has 0 atom stereocenters. The first-order valence-electron chi connectivity index (χ1n) is 4.48. The molecule has 1 amide bonds. The van der Waals surface area contributed by atoms with Gasteiger partial charge in [0, 0.05) is 11.6 Å². The molecular weight excluding hydrogens is 182 g/mol. The highest BCUT2D eigenvalue weighted by molar-refractivity contribution is 5.66. The number of nitrogens with zero attached hydrogens (tertiary/aromatic N) is 2. The lowest BCUT2D eigenvalue weighted by atomic mass is 10.2. The molecule has 1 aromatic heterocycles. The van der Waals surface area contributed by atoms with Gasteiger partial charge in [0.25, 0.3) is 0 Å². The van der Waals surface area contributed by atoms with E-state index in [1.807, 2.05) is 13.0 Å². The average molecular weight is 193 g/mol. The fraction of sp³-hybridized carbons (Fsp3) is 0.444. The number of primary amides is 1.